The Morgan fingerprint density at radius 2 is 1.00 bits per heavy atom. The Morgan fingerprint density at radius 1 is 0.818 bits per heavy atom. The van der Waals surface area contributed by atoms with Crippen molar-refractivity contribution in [3.8, 4) is 0 Å². The van der Waals surface area contributed by atoms with Gasteiger partial charge in [0.15, 0.2) is 0 Å². The molecule has 0 rings (SSSR count). The fourth-order valence-corrected chi connectivity index (χ4v) is 1.10. The van der Waals surface area contributed by atoms with Gasteiger partial charge in [0, 0.05) is 0 Å². The van der Waals surface area contributed by atoms with Gasteiger partial charge in [-0.15, -0.1) is 0 Å². The second kappa shape index (κ2) is 6.48. The van der Waals surface area contributed by atoms with Crippen LogP contribution in [0.25, 0.3) is 0 Å². The predicted molar refractivity (Wildman–Crippen MR) is 16.3 cm³/mol. The van der Waals surface area contributed by atoms with Crippen molar-refractivity contribution in [2.24, 2.45) is 0 Å². The summed E-state index contributed by atoms with van der Waals surface area (Å²) in [5.74, 6) is 0. The molecule has 0 radical (unpaired) electrons. The Labute approximate surface area is 100 Å². The summed E-state index contributed by atoms with van der Waals surface area (Å²) < 4.78 is 21.2. The molecule has 7 nitrogen and oxygen atoms in total. The first-order valence-electron chi connectivity index (χ1n) is 1.46. The fourth-order valence-electron chi connectivity index (χ4n) is 0.122. The molecule has 0 N–H and O–H groups in total. The molecule has 0 aromatic heterocycles. The maximum absolute atomic E-state index is 9.32. The van der Waals surface area contributed by atoms with Crippen LogP contribution in [0, 0.1) is 0 Å². The van der Waals surface area contributed by atoms with Crippen LogP contribution >= 0.6 is 15.6 Å². The number of phosphoric acid groups is 2. The third kappa shape index (κ3) is 18.8. The van der Waals surface area contributed by atoms with E-state index in [0.29, 0.717) is 0 Å². The van der Waals surface area contributed by atoms with Crippen LogP contribution in [0.5, 0.6) is 0 Å². The Morgan fingerprint density at radius 3 is 1.00 bits per heavy atom. The molecule has 11 heavy (non-hydrogen) atoms. The summed E-state index contributed by atoms with van der Waals surface area (Å²) in [6.07, 6.45) is 0. The van der Waals surface area contributed by atoms with Gasteiger partial charge in [-0.2, -0.15) is 0 Å². The number of hydrogen-bond acceptors (Lipinski definition) is 7. The molecule has 0 amide bonds. The number of hydrogen-bond donors (Lipinski definition) is 0. The zero-order valence-electron chi connectivity index (χ0n) is 4.75. The van der Waals surface area contributed by atoms with Crippen molar-refractivity contribution >= 4 is 15.6 Å². The van der Waals surface area contributed by atoms with E-state index in [0.717, 1.165) is 0 Å². The van der Waals surface area contributed by atoms with Crippen LogP contribution in [0.3, 0.4) is 0 Å². The molecule has 11 heteroatoms. The average Bonchev–Trinajstić information content (AvgIpc) is 1.14. The van der Waals surface area contributed by atoms with Crippen molar-refractivity contribution in [2.45, 2.75) is 0 Å². The fraction of sp³-hybridized carbons (Fsp3) is 0. The largest absolute Gasteiger partial charge is 2.00 e. The Balaban J connectivity index is -0.000000320. The van der Waals surface area contributed by atoms with Gasteiger partial charge in [0.25, 0.3) is 0 Å². The third-order valence-electron chi connectivity index (χ3n) is 0.200. The monoisotopic (exact) mass is 354 g/mol. The quantitative estimate of drug-likeness (QED) is 0.472. The van der Waals surface area contributed by atoms with Crippen molar-refractivity contribution in [1.82, 2.24) is 0 Å². The Bertz CT molecular complexity index is 155. The molecule has 0 spiro atoms. The van der Waals surface area contributed by atoms with Gasteiger partial charge in [-0.05, 0) is 0 Å². The van der Waals surface area contributed by atoms with Crippen LogP contribution in [-0.2, 0) is 65.8 Å². The summed E-state index contributed by atoms with van der Waals surface area (Å²) in [4.78, 5) is 37.3. The van der Waals surface area contributed by atoms with Gasteiger partial charge < -0.3 is 33.0 Å². The van der Waals surface area contributed by atoms with Crippen LogP contribution in [0.4, 0.5) is 0 Å². The van der Waals surface area contributed by atoms with Crippen LogP contribution in [-0.4, -0.2) is 0 Å². The SMILES string of the molecule is O=P([O-])([O-])OP(=O)([O-])[O-].[Zr+2].[Zr+2]. The maximum Gasteiger partial charge on any atom is 2.00 e. The number of rotatable bonds is 2. The maximum atomic E-state index is 9.32. The molecule has 0 saturated carbocycles. The van der Waals surface area contributed by atoms with Gasteiger partial charge in [0.1, 0.15) is 0 Å². The molecule has 0 aliphatic heterocycles. The molecule has 0 saturated heterocycles. The van der Waals surface area contributed by atoms with E-state index in [4.69, 9.17) is 0 Å². The molecule has 0 aliphatic rings. The van der Waals surface area contributed by atoms with Crippen LogP contribution < -0.4 is 19.6 Å². The minimum atomic E-state index is -5.68. The summed E-state index contributed by atoms with van der Waals surface area (Å²) >= 11 is 0. The van der Waals surface area contributed by atoms with E-state index in [1.807, 2.05) is 0 Å². The van der Waals surface area contributed by atoms with E-state index in [-0.39, 0.29) is 52.4 Å². The van der Waals surface area contributed by atoms with Crippen molar-refractivity contribution in [3.63, 3.8) is 0 Å². The van der Waals surface area contributed by atoms with E-state index in [2.05, 4.69) is 4.31 Å². The first-order valence-corrected chi connectivity index (χ1v) is 4.38. The summed E-state index contributed by atoms with van der Waals surface area (Å²) in [7, 11) is -11.4. The third-order valence-corrected chi connectivity index (χ3v) is 1.80. The zero-order valence-corrected chi connectivity index (χ0v) is 11.5. The second-order valence-corrected chi connectivity index (χ2v) is 3.42. The van der Waals surface area contributed by atoms with Crippen molar-refractivity contribution in [2.75, 3.05) is 0 Å². The molecule has 0 aromatic rings. The predicted octanol–water partition coefficient (Wildman–Crippen LogP) is -3.34. The minimum absolute atomic E-state index is 0. The summed E-state index contributed by atoms with van der Waals surface area (Å²) in [6.45, 7) is 0. The average molecular weight is 356 g/mol. The van der Waals surface area contributed by atoms with Gasteiger partial charge in [0.2, 0.25) is 0 Å². The van der Waals surface area contributed by atoms with Crippen molar-refractivity contribution in [1.29, 1.82) is 0 Å². The van der Waals surface area contributed by atoms with Crippen molar-refractivity contribution in [3.05, 3.63) is 0 Å². The molecule has 0 fully saturated rings. The van der Waals surface area contributed by atoms with Crippen LogP contribution in [0.2, 0.25) is 0 Å². The van der Waals surface area contributed by atoms with Crippen molar-refractivity contribution < 1.29 is 85.4 Å². The molecule has 0 atom stereocenters. The van der Waals surface area contributed by atoms with Gasteiger partial charge in [-0.25, -0.2) is 0 Å². The van der Waals surface area contributed by atoms with Crippen LogP contribution in [0.15, 0.2) is 0 Å². The minimum Gasteiger partial charge on any atom is -0.790 e. The molecule has 0 aromatic carbocycles. The standard InChI is InChI=1S/H4O7P2.2Zr/c1-8(2,3)7-9(4,5)6;;/h(H2,1,2,3)(H2,4,5,6);;/q;2*+2/p-4. The second-order valence-electron chi connectivity index (χ2n) is 0.976. The van der Waals surface area contributed by atoms with Gasteiger partial charge in [0.05, 0.1) is 15.6 Å². The summed E-state index contributed by atoms with van der Waals surface area (Å²) in [6, 6.07) is 0. The Hall–Kier alpha value is 2.03. The van der Waals surface area contributed by atoms with E-state index in [1.165, 1.54) is 0 Å². The molecule has 0 unspecified atom stereocenters. The topological polar surface area (TPSA) is 136 Å². The smallest absolute Gasteiger partial charge is 0.790 e. The van der Waals surface area contributed by atoms with Gasteiger partial charge in [-0.1, -0.05) is 0 Å². The van der Waals surface area contributed by atoms with E-state index >= 15 is 0 Å². The molecule has 0 heterocycles. The first kappa shape index (κ1) is 18.7. The molecule has 60 valence electrons. The summed E-state index contributed by atoms with van der Waals surface area (Å²) in [5.41, 5.74) is 0. The normalized spacial score (nSPS) is 11.3. The van der Waals surface area contributed by atoms with Crippen LogP contribution in [0.1, 0.15) is 0 Å². The van der Waals surface area contributed by atoms with E-state index in [1.54, 1.807) is 0 Å². The van der Waals surface area contributed by atoms with Gasteiger partial charge >= 0.3 is 52.4 Å². The van der Waals surface area contributed by atoms with E-state index < -0.39 is 15.6 Å². The summed E-state index contributed by atoms with van der Waals surface area (Å²) in [5, 5.41) is 0. The first-order chi connectivity index (χ1) is 3.71. The zero-order chi connectivity index (χ0) is 7.71. The molecular formula is O7P2Zr2. The van der Waals surface area contributed by atoms with Gasteiger partial charge in [-0.3, -0.25) is 0 Å². The Kier molecular flexibility index (Phi) is 11.0. The van der Waals surface area contributed by atoms with E-state index in [9.17, 15) is 28.7 Å². The molecule has 0 aliphatic carbocycles. The molecular weight excluding hydrogens is 356 g/mol. The molecule has 0 bridgehead atoms.